The third-order valence-corrected chi connectivity index (χ3v) is 10.9. The van der Waals surface area contributed by atoms with Crippen LogP contribution in [0.25, 0.3) is 11.2 Å². The number of aromatic nitrogens is 6. The van der Waals surface area contributed by atoms with E-state index in [2.05, 4.69) is 53.8 Å². The monoisotopic (exact) mass is 552 g/mol. The summed E-state index contributed by atoms with van der Waals surface area (Å²) in [5.74, 6) is 2.11. The fourth-order valence-corrected chi connectivity index (χ4v) is 8.61. The molecule has 2 aliphatic rings. The minimum atomic E-state index is -1.42. The third kappa shape index (κ3) is 4.54. The molecule has 0 bridgehead atoms. The van der Waals surface area contributed by atoms with Gasteiger partial charge in [-0.3, -0.25) is 0 Å². The zero-order valence-corrected chi connectivity index (χ0v) is 20.5. The summed E-state index contributed by atoms with van der Waals surface area (Å²) < 4.78 is 6.62. The molecule has 0 spiro atoms. The zero-order valence-electron chi connectivity index (χ0n) is 18.4. The van der Waals surface area contributed by atoms with E-state index in [0.717, 1.165) is 43.8 Å². The van der Waals surface area contributed by atoms with Crippen molar-refractivity contribution in [2.75, 3.05) is 16.3 Å². The van der Waals surface area contributed by atoms with Crippen LogP contribution in [0.1, 0.15) is 41.5 Å². The molecule has 4 aromatic heterocycles. The van der Waals surface area contributed by atoms with E-state index in [4.69, 9.17) is 9.97 Å². The van der Waals surface area contributed by atoms with Crippen LogP contribution < -0.4 is 5.32 Å². The van der Waals surface area contributed by atoms with Gasteiger partial charge in [0.1, 0.15) is 0 Å². The first-order valence-electron chi connectivity index (χ1n) is 11.1. The molecule has 0 aromatic carbocycles. The van der Waals surface area contributed by atoms with Crippen molar-refractivity contribution in [1.29, 1.82) is 0 Å². The Labute approximate surface area is 199 Å². The number of hydrogen-bond donors (Lipinski definition) is 2. The first-order valence-corrected chi connectivity index (χ1v) is 15.4. The molecular weight excluding hydrogens is 527 g/mol. The van der Waals surface area contributed by atoms with E-state index >= 15 is 0 Å². The van der Waals surface area contributed by atoms with Gasteiger partial charge in [0.15, 0.2) is 0 Å². The molecule has 1 aliphatic carbocycles. The van der Waals surface area contributed by atoms with E-state index in [1.165, 1.54) is 24.2 Å². The van der Waals surface area contributed by atoms with Gasteiger partial charge in [-0.15, -0.1) is 0 Å². The van der Waals surface area contributed by atoms with E-state index in [-0.39, 0.29) is 0 Å². The molecule has 0 atom stereocenters. The van der Waals surface area contributed by atoms with Crippen molar-refractivity contribution in [3.05, 3.63) is 69.6 Å². The molecule has 6 rings (SSSR count). The van der Waals surface area contributed by atoms with Crippen LogP contribution in [0.3, 0.4) is 0 Å². The number of aromatic amines is 1. The van der Waals surface area contributed by atoms with E-state index in [1.54, 1.807) is 0 Å². The minimum absolute atomic E-state index is 0.622. The Kier molecular flexibility index (Phi) is 5.41. The molecule has 1 aliphatic heterocycles. The topological polar surface area (TPSA) is 96.2 Å². The number of H-pyrrole nitrogens is 1. The molecule has 4 aromatic rings. The molecule has 0 saturated heterocycles. The fourth-order valence-electron chi connectivity index (χ4n) is 3.91. The average molecular weight is 552 g/mol. The molecule has 33 heavy (non-hydrogen) atoms. The molecule has 5 heterocycles. The second-order valence-corrected chi connectivity index (χ2v) is 13.7. The van der Waals surface area contributed by atoms with Gasteiger partial charge in [0, 0.05) is 0 Å². The summed E-state index contributed by atoms with van der Waals surface area (Å²) in [6, 6.07) is 10.3. The van der Waals surface area contributed by atoms with E-state index in [1.807, 2.05) is 36.0 Å². The van der Waals surface area contributed by atoms with Crippen LogP contribution in [0.5, 0.6) is 0 Å². The average Bonchev–Trinajstić information content (AvgIpc) is 3.51. The summed E-state index contributed by atoms with van der Waals surface area (Å²) in [6.07, 6.45) is 8.32. The summed E-state index contributed by atoms with van der Waals surface area (Å²) in [4.78, 5) is 18.9. The number of pyridine rings is 1. The van der Waals surface area contributed by atoms with Crippen molar-refractivity contribution < 1.29 is 0 Å². The van der Waals surface area contributed by atoms with Gasteiger partial charge in [-0.1, -0.05) is 0 Å². The Balaban J connectivity index is 1.35. The molecule has 168 valence electrons. The Morgan fingerprint density at radius 3 is 3.00 bits per heavy atom. The Morgan fingerprint density at radius 2 is 2.15 bits per heavy atom. The molecule has 1 fully saturated rings. The summed E-state index contributed by atoms with van der Waals surface area (Å²) in [5, 5.41) is 11.0. The van der Waals surface area contributed by atoms with E-state index in [0.29, 0.717) is 11.9 Å². The van der Waals surface area contributed by atoms with Crippen molar-refractivity contribution in [3.63, 3.8) is 0 Å². The van der Waals surface area contributed by atoms with Gasteiger partial charge < -0.3 is 0 Å². The van der Waals surface area contributed by atoms with Crippen molar-refractivity contribution in [3.8, 4) is 0 Å². The Bertz CT molecular complexity index is 1350. The normalized spacial score (nSPS) is 17.2. The number of nitrogens with zero attached hydrogens (tertiary/aromatic N) is 6. The fraction of sp³-hybridized carbons (Fsp3) is 0.292. The number of aliphatic imine (C=N–C) groups is 1. The van der Waals surface area contributed by atoms with Crippen molar-refractivity contribution in [2.45, 2.75) is 30.1 Å². The van der Waals surface area contributed by atoms with Crippen LogP contribution in [0.15, 0.2) is 51.8 Å². The number of rotatable bonds is 6. The standard InChI is InChI=1S/C24H25IN8/c1-16-15-33-23(28-16)11-20(29-24(33)30-22-10-21(31-32-22)17-5-6-17)18-12-25(7-9-26-14-18)13-19-4-2-3-8-27-19/h2-4,8,10-12,14-15,17H,5-7,9,13H2,1H3,(H2,29,30,31,32). The van der Waals surface area contributed by atoms with Crippen LogP contribution in [0.2, 0.25) is 0 Å². The van der Waals surface area contributed by atoms with Crippen LogP contribution in [0.4, 0.5) is 11.8 Å². The van der Waals surface area contributed by atoms with Gasteiger partial charge in [0.25, 0.3) is 0 Å². The van der Waals surface area contributed by atoms with Crippen LogP contribution in [0, 0.1) is 6.92 Å². The summed E-state index contributed by atoms with van der Waals surface area (Å²) in [7, 11) is 0. The number of alkyl halides is 2. The first-order chi connectivity index (χ1) is 16.2. The van der Waals surface area contributed by atoms with Crippen LogP contribution >= 0.6 is 19.8 Å². The predicted octanol–water partition coefficient (Wildman–Crippen LogP) is 4.91. The van der Waals surface area contributed by atoms with Crippen molar-refractivity contribution >= 4 is 49.0 Å². The number of allylic oxidation sites excluding steroid dienone is 1. The molecule has 0 amide bonds. The summed E-state index contributed by atoms with van der Waals surface area (Å²) in [6.45, 7) is 2.87. The number of aryl methyl sites for hydroxylation is 1. The van der Waals surface area contributed by atoms with Gasteiger partial charge in [-0.25, -0.2) is 0 Å². The first kappa shape index (κ1) is 20.5. The second-order valence-electron chi connectivity index (χ2n) is 8.42. The predicted molar refractivity (Wildman–Crippen MR) is 140 cm³/mol. The van der Waals surface area contributed by atoms with Gasteiger partial charge in [-0.05, 0) is 0 Å². The number of anilines is 2. The van der Waals surface area contributed by atoms with Gasteiger partial charge in [0.2, 0.25) is 0 Å². The Hall–Kier alpha value is -3.08. The summed E-state index contributed by atoms with van der Waals surface area (Å²) in [5.41, 5.74) is 6.14. The van der Waals surface area contributed by atoms with E-state index in [9.17, 15) is 0 Å². The van der Waals surface area contributed by atoms with E-state index < -0.39 is 19.8 Å². The number of hydrogen-bond acceptors (Lipinski definition) is 6. The number of fused-ring (bicyclic) bond motifs is 1. The maximum absolute atomic E-state index is 4.99. The molecule has 1 saturated carbocycles. The number of imidazole rings is 1. The molecule has 0 radical (unpaired) electrons. The summed E-state index contributed by atoms with van der Waals surface area (Å²) >= 11 is -1.42. The van der Waals surface area contributed by atoms with Gasteiger partial charge in [0.05, 0.1) is 0 Å². The number of nitrogens with one attached hydrogen (secondary N) is 2. The van der Waals surface area contributed by atoms with Crippen LogP contribution in [-0.2, 0) is 4.43 Å². The quantitative estimate of drug-likeness (QED) is 0.262. The third-order valence-electron chi connectivity index (χ3n) is 5.72. The molecule has 8 nitrogen and oxygen atoms in total. The maximum atomic E-state index is 4.99. The SMILES string of the molecule is Cc1cn2c(Nc3cc(C4CC4)[nH]n3)nc(C3=CI(Cc4ccccn4)CCN=C3)cc2n1. The van der Waals surface area contributed by atoms with Crippen LogP contribution in [-0.4, -0.2) is 46.7 Å². The molecular formula is C24H25IN8. The molecule has 2 N–H and O–H groups in total. The zero-order chi connectivity index (χ0) is 22.2. The van der Waals surface area contributed by atoms with Gasteiger partial charge in [-0.2, -0.15) is 0 Å². The van der Waals surface area contributed by atoms with Gasteiger partial charge >= 0.3 is 200 Å². The second kappa shape index (κ2) is 8.69. The number of halogens is 1. The van der Waals surface area contributed by atoms with Crippen molar-refractivity contribution in [2.24, 2.45) is 4.99 Å². The molecule has 9 heteroatoms. The Morgan fingerprint density at radius 1 is 1.21 bits per heavy atom. The van der Waals surface area contributed by atoms with Crippen molar-refractivity contribution in [1.82, 2.24) is 29.5 Å². The molecule has 0 unspecified atom stereocenters.